The molecular formula is C14H22BrFN2O2. The van der Waals surface area contributed by atoms with Crippen LogP contribution in [0.4, 0.5) is 4.39 Å². The molecular weight excluding hydrogens is 327 g/mol. The van der Waals surface area contributed by atoms with Crippen LogP contribution >= 0.6 is 15.9 Å². The Morgan fingerprint density at radius 2 is 1.85 bits per heavy atom. The van der Waals surface area contributed by atoms with Gasteiger partial charge in [-0.05, 0) is 18.2 Å². The van der Waals surface area contributed by atoms with Gasteiger partial charge in [0.2, 0.25) is 0 Å². The Bertz CT molecular complexity index is 399. The van der Waals surface area contributed by atoms with Gasteiger partial charge in [0, 0.05) is 43.9 Å². The zero-order valence-corrected chi connectivity index (χ0v) is 13.5. The van der Waals surface area contributed by atoms with E-state index in [2.05, 4.69) is 20.8 Å². The SMILES string of the molecule is COCCN(CCOC)C(CN)c1cc(Br)ccc1F. The lowest BCUT2D eigenvalue weighted by Crippen LogP contribution is -2.38. The summed E-state index contributed by atoms with van der Waals surface area (Å²) in [6.07, 6.45) is 0. The lowest BCUT2D eigenvalue weighted by molar-refractivity contribution is 0.0880. The van der Waals surface area contributed by atoms with Gasteiger partial charge < -0.3 is 15.2 Å². The van der Waals surface area contributed by atoms with Crippen LogP contribution in [-0.2, 0) is 9.47 Å². The molecule has 0 fully saturated rings. The number of methoxy groups -OCH3 is 2. The van der Waals surface area contributed by atoms with Gasteiger partial charge in [-0.25, -0.2) is 4.39 Å². The summed E-state index contributed by atoms with van der Waals surface area (Å²) in [5.41, 5.74) is 6.45. The molecule has 0 saturated heterocycles. The highest BCUT2D eigenvalue weighted by Gasteiger charge is 2.22. The maximum atomic E-state index is 14.0. The molecule has 4 nitrogen and oxygen atoms in total. The minimum absolute atomic E-state index is 0.196. The Balaban J connectivity index is 2.94. The van der Waals surface area contributed by atoms with Gasteiger partial charge in [-0.1, -0.05) is 15.9 Å². The summed E-state index contributed by atoms with van der Waals surface area (Å²) in [5, 5.41) is 0. The molecule has 0 spiro atoms. The summed E-state index contributed by atoms with van der Waals surface area (Å²) >= 11 is 3.37. The first-order valence-corrected chi connectivity index (χ1v) is 7.30. The predicted molar refractivity (Wildman–Crippen MR) is 81.2 cm³/mol. The number of hydrogen-bond acceptors (Lipinski definition) is 4. The van der Waals surface area contributed by atoms with Gasteiger partial charge in [0.25, 0.3) is 0 Å². The summed E-state index contributed by atoms with van der Waals surface area (Å²) in [7, 11) is 3.29. The lowest BCUT2D eigenvalue weighted by Gasteiger charge is -2.31. The number of nitrogens with zero attached hydrogens (tertiary/aromatic N) is 1. The van der Waals surface area contributed by atoms with Crippen LogP contribution < -0.4 is 5.73 Å². The minimum atomic E-state index is -0.247. The number of hydrogen-bond donors (Lipinski definition) is 1. The molecule has 0 heterocycles. The lowest BCUT2D eigenvalue weighted by atomic mass is 10.0. The third-order valence-electron chi connectivity index (χ3n) is 3.15. The third-order valence-corrected chi connectivity index (χ3v) is 3.64. The number of halogens is 2. The highest BCUT2D eigenvalue weighted by Crippen LogP contribution is 2.25. The molecule has 0 saturated carbocycles. The molecule has 0 amide bonds. The molecule has 0 aromatic heterocycles. The number of ether oxygens (including phenoxy) is 2. The van der Waals surface area contributed by atoms with Gasteiger partial charge in [-0.2, -0.15) is 0 Å². The summed E-state index contributed by atoms with van der Waals surface area (Å²) in [6.45, 7) is 2.81. The monoisotopic (exact) mass is 348 g/mol. The fourth-order valence-corrected chi connectivity index (χ4v) is 2.46. The van der Waals surface area contributed by atoms with Crippen molar-refractivity contribution < 1.29 is 13.9 Å². The van der Waals surface area contributed by atoms with E-state index in [0.29, 0.717) is 38.4 Å². The van der Waals surface area contributed by atoms with Crippen LogP contribution in [0.5, 0.6) is 0 Å². The van der Waals surface area contributed by atoms with E-state index in [0.717, 1.165) is 4.47 Å². The Labute approximate surface area is 128 Å². The van der Waals surface area contributed by atoms with E-state index in [1.54, 1.807) is 26.4 Å². The smallest absolute Gasteiger partial charge is 0.128 e. The molecule has 6 heteroatoms. The van der Waals surface area contributed by atoms with Crippen LogP contribution in [-0.4, -0.2) is 52.0 Å². The first kappa shape index (κ1) is 17.5. The average Bonchev–Trinajstić information content (AvgIpc) is 2.45. The Morgan fingerprint density at radius 3 is 2.35 bits per heavy atom. The first-order valence-electron chi connectivity index (χ1n) is 6.51. The van der Waals surface area contributed by atoms with Crippen molar-refractivity contribution in [1.82, 2.24) is 4.90 Å². The summed E-state index contributed by atoms with van der Waals surface area (Å²) < 4.78 is 25.1. The van der Waals surface area contributed by atoms with Crippen LogP contribution in [0.15, 0.2) is 22.7 Å². The molecule has 0 aliphatic rings. The topological polar surface area (TPSA) is 47.7 Å². The normalized spacial score (nSPS) is 12.9. The van der Waals surface area contributed by atoms with Gasteiger partial charge in [-0.15, -0.1) is 0 Å². The largest absolute Gasteiger partial charge is 0.383 e. The number of nitrogens with two attached hydrogens (primary N) is 1. The molecule has 1 rings (SSSR count). The van der Waals surface area contributed by atoms with Crippen LogP contribution in [0.25, 0.3) is 0 Å². The molecule has 1 atom stereocenters. The van der Waals surface area contributed by atoms with Crippen molar-refractivity contribution in [2.45, 2.75) is 6.04 Å². The molecule has 1 aromatic carbocycles. The van der Waals surface area contributed by atoms with Crippen molar-refractivity contribution in [2.24, 2.45) is 5.73 Å². The Kier molecular flexibility index (Phi) is 8.25. The predicted octanol–water partition coefficient (Wildman–Crippen LogP) is 2.18. The van der Waals surface area contributed by atoms with Crippen molar-refractivity contribution in [3.63, 3.8) is 0 Å². The van der Waals surface area contributed by atoms with Crippen molar-refractivity contribution in [1.29, 1.82) is 0 Å². The fourth-order valence-electron chi connectivity index (χ4n) is 2.08. The third kappa shape index (κ3) is 5.10. The van der Waals surface area contributed by atoms with Crippen molar-refractivity contribution >= 4 is 15.9 Å². The van der Waals surface area contributed by atoms with E-state index in [1.165, 1.54) is 6.07 Å². The number of rotatable bonds is 9. The van der Waals surface area contributed by atoms with Crippen LogP contribution in [0.3, 0.4) is 0 Å². The maximum absolute atomic E-state index is 14.0. The van der Waals surface area contributed by atoms with Gasteiger partial charge in [-0.3, -0.25) is 4.90 Å². The van der Waals surface area contributed by atoms with Crippen LogP contribution in [0.2, 0.25) is 0 Å². The van der Waals surface area contributed by atoms with Crippen LogP contribution in [0.1, 0.15) is 11.6 Å². The zero-order valence-electron chi connectivity index (χ0n) is 11.9. The van der Waals surface area contributed by atoms with E-state index >= 15 is 0 Å². The second-order valence-corrected chi connectivity index (χ2v) is 5.35. The molecule has 2 N–H and O–H groups in total. The second kappa shape index (κ2) is 9.41. The molecule has 0 bridgehead atoms. The standard InChI is InChI=1S/C14H22BrFN2O2/c1-19-7-5-18(6-8-20-2)14(10-17)12-9-11(15)3-4-13(12)16/h3-4,9,14H,5-8,10,17H2,1-2H3. The highest BCUT2D eigenvalue weighted by molar-refractivity contribution is 9.10. The maximum Gasteiger partial charge on any atom is 0.128 e. The van der Waals surface area contributed by atoms with Crippen molar-refractivity contribution in [3.8, 4) is 0 Å². The summed E-state index contributed by atoms with van der Waals surface area (Å²) in [5.74, 6) is -0.247. The first-order chi connectivity index (χ1) is 9.63. The average molecular weight is 349 g/mol. The molecule has 0 aliphatic carbocycles. The quantitative estimate of drug-likeness (QED) is 0.743. The van der Waals surface area contributed by atoms with E-state index in [-0.39, 0.29) is 11.9 Å². The minimum Gasteiger partial charge on any atom is -0.383 e. The van der Waals surface area contributed by atoms with E-state index in [9.17, 15) is 4.39 Å². The molecule has 1 aromatic rings. The van der Waals surface area contributed by atoms with Gasteiger partial charge in [0.1, 0.15) is 5.82 Å². The molecule has 0 radical (unpaired) electrons. The molecule has 20 heavy (non-hydrogen) atoms. The Hall–Kier alpha value is -0.530. The van der Waals surface area contributed by atoms with E-state index in [1.807, 2.05) is 0 Å². The van der Waals surface area contributed by atoms with Gasteiger partial charge in [0.05, 0.1) is 19.3 Å². The molecule has 0 aliphatic heterocycles. The second-order valence-electron chi connectivity index (χ2n) is 4.44. The zero-order chi connectivity index (χ0) is 15.0. The summed E-state index contributed by atoms with van der Waals surface area (Å²) in [4.78, 5) is 2.08. The van der Waals surface area contributed by atoms with E-state index < -0.39 is 0 Å². The van der Waals surface area contributed by atoms with Crippen molar-refractivity contribution in [2.75, 3.05) is 47.1 Å². The van der Waals surface area contributed by atoms with Crippen LogP contribution in [0, 0.1) is 5.82 Å². The highest BCUT2D eigenvalue weighted by atomic mass is 79.9. The number of benzene rings is 1. The molecule has 114 valence electrons. The summed E-state index contributed by atoms with van der Waals surface area (Å²) in [6, 6.07) is 4.71. The van der Waals surface area contributed by atoms with Crippen molar-refractivity contribution in [3.05, 3.63) is 34.1 Å². The Morgan fingerprint density at radius 1 is 1.25 bits per heavy atom. The fraction of sp³-hybridized carbons (Fsp3) is 0.571. The van der Waals surface area contributed by atoms with Gasteiger partial charge in [0.15, 0.2) is 0 Å². The van der Waals surface area contributed by atoms with Gasteiger partial charge >= 0.3 is 0 Å². The van der Waals surface area contributed by atoms with E-state index in [4.69, 9.17) is 15.2 Å². The molecule has 1 unspecified atom stereocenters.